The van der Waals surface area contributed by atoms with E-state index in [2.05, 4.69) is 6.92 Å². The molecule has 1 aromatic rings. The molecule has 1 nitrogen and oxygen atoms in total. The second-order valence-electron chi connectivity index (χ2n) is 5.13. The molecule has 0 bridgehead atoms. The number of benzene rings is 1. The Morgan fingerprint density at radius 1 is 1.18 bits per heavy atom. The van der Waals surface area contributed by atoms with Crippen LogP contribution in [0.1, 0.15) is 44.3 Å². The van der Waals surface area contributed by atoms with Gasteiger partial charge in [0.05, 0.1) is 6.10 Å². The predicted octanol–water partition coefficient (Wildman–Crippen LogP) is 3.82. The van der Waals surface area contributed by atoms with Gasteiger partial charge in [-0.1, -0.05) is 25.8 Å². The summed E-state index contributed by atoms with van der Waals surface area (Å²) < 4.78 is 26.3. The monoisotopic (exact) mass is 240 g/mol. The maximum atomic E-state index is 13.5. The van der Waals surface area contributed by atoms with Gasteiger partial charge < -0.3 is 5.11 Å². The Morgan fingerprint density at radius 2 is 1.82 bits per heavy atom. The molecular formula is C14H18F2O. The Balaban J connectivity index is 2.11. The quantitative estimate of drug-likeness (QED) is 0.833. The maximum absolute atomic E-state index is 13.5. The second-order valence-corrected chi connectivity index (χ2v) is 5.13. The zero-order chi connectivity index (χ0) is 12.4. The first-order valence-corrected chi connectivity index (χ1v) is 6.21. The minimum atomic E-state index is -0.803. The van der Waals surface area contributed by atoms with Crippen molar-refractivity contribution in [1.29, 1.82) is 0 Å². The number of hydrogen-bond donors (Lipinski definition) is 1. The van der Waals surface area contributed by atoms with Gasteiger partial charge in [0.1, 0.15) is 11.6 Å². The lowest BCUT2D eigenvalue weighted by Gasteiger charge is -2.30. The Bertz CT molecular complexity index is 384. The molecule has 1 aliphatic rings. The molecule has 1 atom stereocenters. The van der Waals surface area contributed by atoms with Crippen LogP contribution < -0.4 is 0 Å². The van der Waals surface area contributed by atoms with Crippen LogP contribution in [0.5, 0.6) is 0 Å². The Labute approximate surface area is 100 Å². The average Bonchev–Trinajstić information content (AvgIpc) is 2.29. The van der Waals surface area contributed by atoms with Crippen molar-refractivity contribution in [1.82, 2.24) is 0 Å². The smallest absolute Gasteiger partial charge is 0.131 e. The molecular weight excluding hydrogens is 222 g/mol. The van der Waals surface area contributed by atoms with Crippen LogP contribution in [0.15, 0.2) is 18.2 Å². The van der Waals surface area contributed by atoms with Gasteiger partial charge in [-0.3, -0.25) is 0 Å². The Hall–Kier alpha value is -0.960. The average molecular weight is 240 g/mol. The fourth-order valence-electron chi connectivity index (χ4n) is 2.60. The van der Waals surface area contributed by atoms with E-state index < -0.39 is 17.7 Å². The zero-order valence-corrected chi connectivity index (χ0v) is 10.00. The number of rotatable bonds is 2. The van der Waals surface area contributed by atoms with Crippen LogP contribution in [0, 0.1) is 23.5 Å². The molecule has 0 amide bonds. The first-order valence-electron chi connectivity index (χ1n) is 6.21. The zero-order valence-electron chi connectivity index (χ0n) is 10.00. The highest BCUT2D eigenvalue weighted by atomic mass is 19.1. The molecule has 1 aliphatic carbocycles. The maximum Gasteiger partial charge on any atom is 0.131 e. The summed E-state index contributed by atoms with van der Waals surface area (Å²) in [6, 6.07) is 3.39. The van der Waals surface area contributed by atoms with Gasteiger partial charge in [-0.25, -0.2) is 8.78 Å². The SMILES string of the molecule is CC1CCC(C(O)c2ccc(F)cc2F)CC1. The minimum Gasteiger partial charge on any atom is -0.388 e. The van der Waals surface area contributed by atoms with E-state index in [0.29, 0.717) is 5.92 Å². The van der Waals surface area contributed by atoms with Crippen LogP contribution >= 0.6 is 0 Å². The molecule has 1 unspecified atom stereocenters. The van der Waals surface area contributed by atoms with Crippen molar-refractivity contribution in [2.24, 2.45) is 11.8 Å². The van der Waals surface area contributed by atoms with Crippen LogP contribution in [-0.2, 0) is 0 Å². The van der Waals surface area contributed by atoms with Gasteiger partial charge in [-0.2, -0.15) is 0 Å². The van der Waals surface area contributed by atoms with E-state index in [-0.39, 0.29) is 11.5 Å². The highest BCUT2D eigenvalue weighted by molar-refractivity contribution is 5.21. The first kappa shape index (κ1) is 12.5. The third-order valence-corrected chi connectivity index (χ3v) is 3.79. The highest BCUT2D eigenvalue weighted by Gasteiger charge is 2.27. The summed E-state index contributed by atoms with van der Waals surface area (Å²) in [6.07, 6.45) is 3.18. The molecule has 2 rings (SSSR count). The molecule has 0 heterocycles. The third-order valence-electron chi connectivity index (χ3n) is 3.79. The van der Waals surface area contributed by atoms with Gasteiger partial charge in [-0.05, 0) is 30.7 Å². The molecule has 0 aliphatic heterocycles. The van der Waals surface area contributed by atoms with Crippen molar-refractivity contribution in [2.45, 2.75) is 38.7 Å². The second kappa shape index (κ2) is 5.13. The standard InChI is InChI=1S/C14H18F2O/c1-9-2-4-10(5-3-9)14(17)12-7-6-11(15)8-13(12)16/h6-10,14,17H,2-5H2,1H3. The summed E-state index contributed by atoms with van der Waals surface area (Å²) in [7, 11) is 0. The van der Waals surface area contributed by atoms with Crippen molar-refractivity contribution in [2.75, 3.05) is 0 Å². The fourth-order valence-corrected chi connectivity index (χ4v) is 2.60. The van der Waals surface area contributed by atoms with E-state index in [1.807, 2.05) is 0 Å². The molecule has 0 radical (unpaired) electrons. The summed E-state index contributed by atoms with van der Waals surface area (Å²) in [5.74, 6) is -0.450. The molecule has 1 N–H and O–H groups in total. The normalized spacial score (nSPS) is 26.8. The van der Waals surface area contributed by atoms with Crippen molar-refractivity contribution in [3.05, 3.63) is 35.4 Å². The molecule has 17 heavy (non-hydrogen) atoms. The van der Waals surface area contributed by atoms with Gasteiger partial charge in [-0.15, -0.1) is 0 Å². The van der Waals surface area contributed by atoms with Crippen LogP contribution in [0.2, 0.25) is 0 Å². The van der Waals surface area contributed by atoms with Crippen LogP contribution in [0.25, 0.3) is 0 Å². The van der Waals surface area contributed by atoms with E-state index in [9.17, 15) is 13.9 Å². The van der Waals surface area contributed by atoms with Crippen molar-refractivity contribution in [3.8, 4) is 0 Å². The van der Waals surface area contributed by atoms with E-state index in [0.717, 1.165) is 31.7 Å². The van der Waals surface area contributed by atoms with Crippen LogP contribution in [0.4, 0.5) is 8.78 Å². The summed E-state index contributed by atoms with van der Waals surface area (Å²) >= 11 is 0. The van der Waals surface area contributed by atoms with Crippen molar-refractivity contribution < 1.29 is 13.9 Å². The molecule has 1 saturated carbocycles. The highest BCUT2D eigenvalue weighted by Crippen LogP contribution is 2.37. The Morgan fingerprint density at radius 3 is 2.41 bits per heavy atom. The molecule has 3 heteroatoms. The molecule has 0 spiro atoms. The first-order chi connectivity index (χ1) is 8.08. The van der Waals surface area contributed by atoms with E-state index >= 15 is 0 Å². The Kier molecular flexibility index (Phi) is 3.77. The lowest BCUT2D eigenvalue weighted by Crippen LogP contribution is -2.20. The third kappa shape index (κ3) is 2.83. The van der Waals surface area contributed by atoms with Crippen molar-refractivity contribution in [3.63, 3.8) is 0 Å². The lowest BCUT2D eigenvalue weighted by atomic mass is 9.78. The van der Waals surface area contributed by atoms with E-state index in [4.69, 9.17) is 0 Å². The molecule has 1 aromatic carbocycles. The number of aliphatic hydroxyl groups is 1. The van der Waals surface area contributed by atoms with Gasteiger partial charge in [0.25, 0.3) is 0 Å². The molecule has 0 aromatic heterocycles. The van der Waals surface area contributed by atoms with Crippen LogP contribution in [-0.4, -0.2) is 5.11 Å². The van der Waals surface area contributed by atoms with Crippen LogP contribution in [0.3, 0.4) is 0 Å². The number of hydrogen-bond acceptors (Lipinski definition) is 1. The summed E-state index contributed by atoms with van der Waals surface area (Å²) in [4.78, 5) is 0. The van der Waals surface area contributed by atoms with Gasteiger partial charge in [0.15, 0.2) is 0 Å². The minimum absolute atomic E-state index is 0.103. The topological polar surface area (TPSA) is 20.2 Å². The predicted molar refractivity (Wildman–Crippen MR) is 62.4 cm³/mol. The van der Waals surface area contributed by atoms with Gasteiger partial charge >= 0.3 is 0 Å². The molecule has 94 valence electrons. The van der Waals surface area contributed by atoms with Gasteiger partial charge in [0.2, 0.25) is 0 Å². The largest absolute Gasteiger partial charge is 0.388 e. The lowest BCUT2D eigenvalue weighted by molar-refractivity contribution is 0.0725. The van der Waals surface area contributed by atoms with Gasteiger partial charge in [0, 0.05) is 11.6 Å². The molecule has 0 saturated heterocycles. The number of halogens is 2. The summed E-state index contributed by atoms with van der Waals surface area (Å²) in [5, 5.41) is 10.1. The summed E-state index contributed by atoms with van der Waals surface area (Å²) in [5.41, 5.74) is 0.228. The fraction of sp³-hybridized carbons (Fsp3) is 0.571. The molecule has 1 fully saturated rings. The van der Waals surface area contributed by atoms with E-state index in [1.165, 1.54) is 12.1 Å². The van der Waals surface area contributed by atoms with Crippen molar-refractivity contribution >= 4 is 0 Å². The van der Waals surface area contributed by atoms with E-state index in [1.54, 1.807) is 0 Å². The number of aliphatic hydroxyl groups excluding tert-OH is 1. The summed E-state index contributed by atoms with van der Waals surface area (Å²) in [6.45, 7) is 2.20.